The van der Waals surface area contributed by atoms with Crippen molar-refractivity contribution < 1.29 is 9.21 Å². The van der Waals surface area contributed by atoms with Gasteiger partial charge in [-0.3, -0.25) is 4.79 Å². The molecule has 0 bridgehead atoms. The Morgan fingerprint density at radius 3 is 2.81 bits per heavy atom. The molecule has 3 heterocycles. The standard InChI is InChI=1S/C19H19ClN4O2S/c1-13-12-23(8-9-24(13)18(25)16-3-2-10-26-16)19-21-17(22-27-19)11-14-4-6-15(20)7-5-14/h2-7,10,13H,8-9,11-12H2,1H3/t13-/m1/s1. The summed E-state index contributed by atoms with van der Waals surface area (Å²) in [5, 5.41) is 1.62. The third kappa shape index (κ3) is 3.99. The fourth-order valence-corrected chi connectivity index (χ4v) is 4.05. The summed E-state index contributed by atoms with van der Waals surface area (Å²) >= 11 is 7.34. The Morgan fingerprint density at radius 2 is 2.11 bits per heavy atom. The van der Waals surface area contributed by atoms with E-state index < -0.39 is 0 Å². The Bertz CT molecular complexity index is 910. The van der Waals surface area contributed by atoms with Gasteiger partial charge < -0.3 is 14.2 Å². The van der Waals surface area contributed by atoms with Crippen LogP contribution in [0.25, 0.3) is 0 Å². The molecule has 27 heavy (non-hydrogen) atoms. The monoisotopic (exact) mass is 402 g/mol. The van der Waals surface area contributed by atoms with Gasteiger partial charge in [0.15, 0.2) is 5.76 Å². The van der Waals surface area contributed by atoms with Crippen molar-refractivity contribution in [3.8, 4) is 0 Å². The van der Waals surface area contributed by atoms with Gasteiger partial charge in [0.25, 0.3) is 5.91 Å². The van der Waals surface area contributed by atoms with Crippen molar-refractivity contribution in [2.75, 3.05) is 24.5 Å². The van der Waals surface area contributed by atoms with Crippen LogP contribution >= 0.6 is 23.1 Å². The fourth-order valence-electron chi connectivity index (χ4n) is 3.20. The van der Waals surface area contributed by atoms with E-state index in [1.807, 2.05) is 36.1 Å². The molecule has 140 valence electrons. The number of rotatable bonds is 4. The second-order valence-corrected chi connectivity index (χ2v) is 7.73. The molecule has 0 radical (unpaired) electrons. The number of amides is 1. The molecular weight excluding hydrogens is 384 g/mol. The summed E-state index contributed by atoms with van der Waals surface area (Å²) in [6, 6.07) is 11.2. The van der Waals surface area contributed by atoms with E-state index in [1.165, 1.54) is 17.8 Å². The molecule has 0 saturated carbocycles. The predicted molar refractivity (Wildman–Crippen MR) is 106 cm³/mol. The number of piperazine rings is 1. The van der Waals surface area contributed by atoms with Crippen molar-refractivity contribution in [2.24, 2.45) is 0 Å². The first-order chi connectivity index (χ1) is 13.1. The Morgan fingerprint density at radius 1 is 1.30 bits per heavy atom. The molecule has 1 saturated heterocycles. The predicted octanol–water partition coefficient (Wildman–Crippen LogP) is 3.73. The highest BCUT2D eigenvalue weighted by atomic mass is 35.5. The molecule has 0 spiro atoms. The number of anilines is 1. The van der Waals surface area contributed by atoms with E-state index in [-0.39, 0.29) is 11.9 Å². The van der Waals surface area contributed by atoms with Crippen LogP contribution in [-0.4, -0.2) is 45.8 Å². The van der Waals surface area contributed by atoms with Crippen LogP contribution in [0.1, 0.15) is 28.9 Å². The van der Waals surface area contributed by atoms with Gasteiger partial charge >= 0.3 is 0 Å². The lowest BCUT2D eigenvalue weighted by Gasteiger charge is -2.39. The number of benzene rings is 1. The van der Waals surface area contributed by atoms with Crippen LogP contribution in [-0.2, 0) is 6.42 Å². The maximum Gasteiger partial charge on any atom is 0.289 e. The molecule has 0 N–H and O–H groups in total. The van der Waals surface area contributed by atoms with Gasteiger partial charge in [-0.1, -0.05) is 23.7 Å². The molecule has 0 aliphatic carbocycles. The van der Waals surface area contributed by atoms with Gasteiger partial charge in [-0.15, -0.1) is 0 Å². The minimum atomic E-state index is -0.0622. The lowest BCUT2D eigenvalue weighted by atomic mass is 10.1. The summed E-state index contributed by atoms with van der Waals surface area (Å²) < 4.78 is 9.73. The number of carbonyl (C=O) groups is 1. The van der Waals surface area contributed by atoms with Crippen LogP contribution in [0.5, 0.6) is 0 Å². The van der Waals surface area contributed by atoms with E-state index in [0.29, 0.717) is 18.7 Å². The van der Waals surface area contributed by atoms with Crippen molar-refractivity contribution in [3.63, 3.8) is 0 Å². The summed E-state index contributed by atoms with van der Waals surface area (Å²) in [6.07, 6.45) is 2.21. The first-order valence-corrected chi connectivity index (χ1v) is 9.92. The highest BCUT2D eigenvalue weighted by Crippen LogP contribution is 2.23. The number of aromatic nitrogens is 2. The third-order valence-corrected chi connectivity index (χ3v) is 5.69. The molecule has 1 amide bonds. The van der Waals surface area contributed by atoms with Crippen LogP contribution in [0.4, 0.5) is 5.13 Å². The Labute approximate surface area is 166 Å². The minimum Gasteiger partial charge on any atom is -0.459 e. The van der Waals surface area contributed by atoms with E-state index in [1.54, 1.807) is 12.1 Å². The number of carbonyl (C=O) groups excluding carboxylic acids is 1. The van der Waals surface area contributed by atoms with Gasteiger partial charge in [0.05, 0.1) is 6.26 Å². The average molecular weight is 403 g/mol. The number of furan rings is 1. The first kappa shape index (κ1) is 18.0. The largest absolute Gasteiger partial charge is 0.459 e. The first-order valence-electron chi connectivity index (χ1n) is 8.76. The van der Waals surface area contributed by atoms with Crippen molar-refractivity contribution in [2.45, 2.75) is 19.4 Å². The second kappa shape index (κ2) is 7.70. The van der Waals surface area contributed by atoms with Crippen molar-refractivity contribution in [3.05, 3.63) is 64.8 Å². The summed E-state index contributed by atoms with van der Waals surface area (Å²) in [4.78, 5) is 21.3. The Kier molecular flexibility index (Phi) is 5.13. The number of halogens is 1. The molecule has 1 atom stereocenters. The van der Waals surface area contributed by atoms with Crippen LogP contribution in [0.3, 0.4) is 0 Å². The average Bonchev–Trinajstić information content (AvgIpc) is 3.35. The highest BCUT2D eigenvalue weighted by Gasteiger charge is 2.30. The van der Waals surface area contributed by atoms with Gasteiger partial charge in [0.2, 0.25) is 5.13 Å². The van der Waals surface area contributed by atoms with Crippen molar-refractivity contribution in [1.29, 1.82) is 0 Å². The normalized spacial score (nSPS) is 17.3. The SMILES string of the molecule is C[C@@H]1CN(c2nc(Cc3ccc(Cl)cc3)ns2)CCN1C(=O)c1ccco1. The quantitative estimate of drug-likeness (QED) is 0.665. The topological polar surface area (TPSA) is 62.5 Å². The zero-order valence-corrected chi connectivity index (χ0v) is 16.4. The lowest BCUT2D eigenvalue weighted by Crippen LogP contribution is -2.54. The molecular formula is C19H19ClN4O2S. The molecule has 4 rings (SSSR count). The maximum absolute atomic E-state index is 12.5. The summed E-state index contributed by atoms with van der Waals surface area (Å²) in [7, 11) is 0. The lowest BCUT2D eigenvalue weighted by molar-refractivity contribution is 0.0641. The van der Waals surface area contributed by atoms with Crippen molar-refractivity contribution in [1.82, 2.24) is 14.3 Å². The van der Waals surface area contributed by atoms with E-state index in [4.69, 9.17) is 16.0 Å². The van der Waals surface area contributed by atoms with Gasteiger partial charge in [-0.2, -0.15) is 4.37 Å². The number of hydrogen-bond donors (Lipinski definition) is 0. The Balaban J connectivity index is 1.40. The minimum absolute atomic E-state index is 0.0622. The van der Waals surface area contributed by atoms with E-state index in [9.17, 15) is 4.79 Å². The number of nitrogens with zero attached hydrogens (tertiary/aromatic N) is 4. The van der Waals surface area contributed by atoms with E-state index in [0.717, 1.165) is 34.6 Å². The molecule has 1 fully saturated rings. The van der Waals surface area contributed by atoms with Gasteiger partial charge in [-0.05, 0) is 36.8 Å². The van der Waals surface area contributed by atoms with Gasteiger partial charge in [0, 0.05) is 48.7 Å². The molecule has 1 aliphatic heterocycles. The van der Waals surface area contributed by atoms with E-state index in [2.05, 4.69) is 14.3 Å². The van der Waals surface area contributed by atoms with Gasteiger partial charge in [0.1, 0.15) is 5.82 Å². The molecule has 6 nitrogen and oxygen atoms in total. The molecule has 1 aromatic carbocycles. The zero-order chi connectivity index (χ0) is 18.8. The molecule has 1 aliphatic rings. The van der Waals surface area contributed by atoms with Crippen LogP contribution in [0, 0.1) is 0 Å². The summed E-state index contributed by atoms with van der Waals surface area (Å²) in [5.74, 6) is 1.13. The smallest absolute Gasteiger partial charge is 0.289 e. The number of hydrogen-bond acceptors (Lipinski definition) is 6. The third-order valence-electron chi connectivity index (χ3n) is 4.62. The molecule has 3 aromatic rings. The van der Waals surface area contributed by atoms with Crippen LogP contribution in [0.2, 0.25) is 5.02 Å². The second-order valence-electron chi connectivity index (χ2n) is 6.57. The highest BCUT2D eigenvalue weighted by molar-refractivity contribution is 7.09. The molecule has 0 unspecified atom stereocenters. The van der Waals surface area contributed by atoms with Crippen molar-refractivity contribution >= 4 is 34.2 Å². The van der Waals surface area contributed by atoms with Gasteiger partial charge in [-0.25, -0.2) is 4.98 Å². The maximum atomic E-state index is 12.5. The molecule has 8 heteroatoms. The van der Waals surface area contributed by atoms with E-state index >= 15 is 0 Å². The summed E-state index contributed by atoms with van der Waals surface area (Å²) in [6.45, 7) is 4.13. The van der Waals surface area contributed by atoms with Crippen LogP contribution in [0.15, 0.2) is 47.1 Å². The Hall–Kier alpha value is -2.38. The summed E-state index contributed by atoms with van der Waals surface area (Å²) in [5.41, 5.74) is 1.13. The molecule has 2 aromatic heterocycles. The zero-order valence-electron chi connectivity index (χ0n) is 14.8. The van der Waals surface area contributed by atoms with Crippen LogP contribution < -0.4 is 4.90 Å². The fraction of sp³-hybridized carbons (Fsp3) is 0.316.